The van der Waals surface area contributed by atoms with E-state index in [1.807, 2.05) is 12.1 Å². The molecule has 0 unspecified atom stereocenters. The van der Waals surface area contributed by atoms with Crippen molar-refractivity contribution >= 4 is 16.6 Å². The molecule has 0 atom stereocenters. The number of hydrogen-bond acceptors (Lipinski definition) is 5. The van der Waals surface area contributed by atoms with Gasteiger partial charge in [-0.25, -0.2) is 4.98 Å². The zero-order valence-corrected chi connectivity index (χ0v) is 12.5. The van der Waals surface area contributed by atoms with Crippen LogP contribution in [0.1, 0.15) is 18.1 Å². The summed E-state index contributed by atoms with van der Waals surface area (Å²) in [5.41, 5.74) is 5.13. The van der Waals surface area contributed by atoms with Crippen LogP contribution in [0, 0.1) is 4.91 Å². The molecule has 0 radical (unpaired) electrons. The third kappa shape index (κ3) is 2.04. The molecule has 1 N–H and O–H groups in total. The van der Waals surface area contributed by atoms with Gasteiger partial charge in [-0.2, -0.15) is 0 Å². The molecule has 0 spiro atoms. The van der Waals surface area contributed by atoms with E-state index >= 15 is 0 Å². The molecule has 23 heavy (non-hydrogen) atoms. The minimum absolute atomic E-state index is 0.172. The number of ether oxygens (including phenoxy) is 1. The molecule has 3 aromatic rings. The van der Waals surface area contributed by atoms with Crippen LogP contribution in [0.5, 0.6) is 11.5 Å². The van der Waals surface area contributed by atoms with Gasteiger partial charge in [-0.1, -0.05) is 6.92 Å². The SMILES string of the molecule is CCc1c2c(nc3ccc(N=O)cc13)-c1ccc(O)cc1OC2. The van der Waals surface area contributed by atoms with Gasteiger partial charge >= 0.3 is 0 Å². The third-order valence-electron chi connectivity index (χ3n) is 4.24. The molecular formula is C18H14N2O3. The number of hydrogen-bond donors (Lipinski definition) is 1. The van der Waals surface area contributed by atoms with Gasteiger partial charge in [0.05, 0.1) is 11.2 Å². The van der Waals surface area contributed by atoms with Gasteiger partial charge in [0, 0.05) is 22.6 Å². The minimum atomic E-state index is 0.172. The fraction of sp³-hybridized carbons (Fsp3) is 0.167. The summed E-state index contributed by atoms with van der Waals surface area (Å²) in [6.45, 7) is 2.47. The smallest absolute Gasteiger partial charge is 0.132 e. The molecule has 0 fully saturated rings. The number of fused-ring (bicyclic) bond motifs is 4. The summed E-state index contributed by atoms with van der Waals surface area (Å²) in [5.74, 6) is 0.808. The van der Waals surface area contributed by atoms with Crippen molar-refractivity contribution < 1.29 is 9.84 Å². The molecule has 0 amide bonds. The maximum absolute atomic E-state index is 10.8. The molecular weight excluding hydrogens is 292 g/mol. The van der Waals surface area contributed by atoms with E-state index < -0.39 is 0 Å². The number of aryl methyl sites for hydroxylation is 1. The first-order valence-corrected chi connectivity index (χ1v) is 7.46. The molecule has 0 saturated carbocycles. The highest BCUT2D eigenvalue weighted by molar-refractivity contribution is 5.90. The average molecular weight is 306 g/mol. The van der Waals surface area contributed by atoms with Gasteiger partial charge in [-0.3, -0.25) is 0 Å². The van der Waals surface area contributed by atoms with Crippen molar-refractivity contribution in [1.29, 1.82) is 0 Å². The first-order valence-electron chi connectivity index (χ1n) is 7.46. The van der Waals surface area contributed by atoms with E-state index in [1.54, 1.807) is 24.3 Å². The molecule has 4 rings (SSSR count). The summed E-state index contributed by atoms with van der Waals surface area (Å²) in [6.07, 6.45) is 0.806. The lowest BCUT2D eigenvalue weighted by Crippen LogP contribution is -2.10. The molecule has 2 aromatic carbocycles. The Kier molecular flexibility index (Phi) is 3.01. The highest BCUT2D eigenvalue weighted by atomic mass is 16.5. The first-order chi connectivity index (χ1) is 11.2. The van der Waals surface area contributed by atoms with Crippen molar-refractivity contribution in [2.45, 2.75) is 20.0 Å². The van der Waals surface area contributed by atoms with E-state index in [0.717, 1.165) is 39.7 Å². The van der Waals surface area contributed by atoms with Crippen molar-refractivity contribution in [3.8, 4) is 22.8 Å². The summed E-state index contributed by atoms with van der Waals surface area (Å²) in [7, 11) is 0. The summed E-state index contributed by atoms with van der Waals surface area (Å²) in [5, 5.41) is 13.6. The van der Waals surface area contributed by atoms with Gasteiger partial charge in [-0.15, -0.1) is 4.91 Å². The Morgan fingerprint density at radius 2 is 2.13 bits per heavy atom. The number of aromatic nitrogens is 1. The fourth-order valence-electron chi connectivity index (χ4n) is 3.17. The Morgan fingerprint density at radius 1 is 1.26 bits per heavy atom. The zero-order valence-electron chi connectivity index (χ0n) is 12.5. The lowest BCUT2D eigenvalue weighted by molar-refractivity contribution is 0.299. The Hall–Kier alpha value is -2.95. The van der Waals surface area contributed by atoms with E-state index in [-0.39, 0.29) is 5.75 Å². The van der Waals surface area contributed by atoms with Crippen LogP contribution >= 0.6 is 0 Å². The van der Waals surface area contributed by atoms with Gasteiger partial charge in [-0.05, 0) is 47.5 Å². The zero-order chi connectivity index (χ0) is 16.0. The second-order valence-corrected chi connectivity index (χ2v) is 5.53. The van der Waals surface area contributed by atoms with Crippen LogP contribution in [-0.4, -0.2) is 10.1 Å². The molecule has 1 aliphatic heterocycles. The van der Waals surface area contributed by atoms with Crippen LogP contribution in [0.25, 0.3) is 22.2 Å². The van der Waals surface area contributed by atoms with Crippen LogP contribution in [0.2, 0.25) is 0 Å². The normalized spacial score (nSPS) is 12.4. The van der Waals surface area contributed by atoms with E-state index in [9.17, 15) is 10.0 Å². The molecule has 1 aromatic heterocycles. The number of pyridine rings is 1. The summed E-state index contributed by atoms with van der Waals surface area (Å²) in [6, 6.07) is 10.3. The second-order valence-electron chi connectivity index (χ2n) is 5.53. The Morgan fingerprint density at radius 3 is 2.91 bits per heavy atom. The van der Waals surface area contributed by atoms with Gasteiger partial charge in [0.1, 0.15) is 23.8 Å². The minimum Gasteiger partial charge on any atom is -0.508 e. The van der Waals surface area contributed by atoms with Gasteiger partial charge < -0.3 is 9.84 Å². The summed E-state index contributed by atoms with van der Waals surface area (Å²) < 4.78 is 5.79. The van der Waals surface area contributed by atoms with Crippen LogP contribution in [0.3, 0.4) is 0 Å². The third-order valence-corrected chi connectivity index (χ3v) is 4.24. The predicted molar refractivity (Wildman–Crippen MR) is 88.0 cm³/mol. The number of rotatable bonds is 2. The van der Waals surface area contributed by atoms with Crippen molar-refractivity contribution in [1.82, 2.24) is 4.98 Å². The van der Waals surface area contributed by atoms with E-state index in [1.165, 1.54) is 0 Å². The predicted octanol–water partition coefficient (Wildman–Crippen LogP) is 4.46. The summed E-state index contributed by atoms with van der Waals surface area (Å²) in [4.78, 5) is 15.6. The quantitative estimate of drug-likeness (QED) is 0.709. The number of nitroso groups, excluding NO2 is 1. The summed E-state index contributed by atoms with van der Waals surface area (Å²) >= 11 is 0. The van der Waals surface area contributed by atoms with Crippen LogP contribution in [-0.2, 0) is 13.0 Å². The standard InChI is InChI=1S/C18H14N2O3/c1-2-12-14-7-10(20-22)3-6-16(14)19-18-13-5-4-11(21)8-17(13)23-9-15(12)18/h3-8,21H,2,9H2,1H3. The Bertz CT molecular complexity index is 951. The fourth-order valence-corrected chi connectivity index (χ4v) is 3.17. The molecule has 2 heterocycles. The molecule has 5 nitrogen and oxygen atoms in total. The Balaban J connectivity index is 2.06. The molecule has 5 heteroatoms. The maximum atomic E-state index is 10.8. The Labute approximate surface area is 132 Å². The molecule has 1 aliphatic rings. The van der Waals surface area contributed by atoms with Crippen LogP contribution < -0.4 is 4.74 Å². The average Bonchev–Trinajstić information content (AvgIpc) is 2.58. The van der Waals surface area contributed by atoms with Crippen molar-refractivity contribution in [2.75, 3.05) is 0 Å². The van der Waals surface area contributed by atoms with Crippen LogP contribution in [0.4, 0.5) is 5.69 Å². The van der Waals surface area contributed by atoms with E-state index in [4.69, 9.17) is 9.72 Å². The lowest BCUT2D eigenvalue weighted by Gasteiger charge is -2.23. The van der Waals surface area contributed by atoms with E-state index in [2.05, 4.69) is 12.1 Å². The number of phenolic OH excluding ortho intramolecular Hbond substituents is 1. The first kappa shape index (κ1) is 13.7. The highest BCUT2D eigenvalue weighted by Crippen LogP contribution is 2.41. The molecule has 114 valence electrons. The second kappa shape index (κ2) is 5.05. The monoisotopic (exact) mass is 306 g/mol. The maximum Gasteiger partial charge on any atom is 0.132 e. The van der Waals surface area contributed by atoms with Crippen LogP contribution in [0.15, 0.2) is 41.6 Å². The molecule has 0 bridgehead atoms. The number of nitrogens with zero attached hydrogens (tertiary/aromatic N) is 2. The number of phenols is 1. The van der Waals surface area contributed by atoms with Crippen molar-refractivity contribution in [3.63, 3.8) is 0 Å². The lowest BCUT2D eigenvalue weighted by atomic mass is 9.93. The highest BCUT2D eigenvalue weighted by Gasteiger charge is 2.23. The largest absolute Gasteiger partial charge is 0.508 e. The van der Waals surface area contributed by atoms with Gasteiger partial charge in [0.15, 0.2) is 0 Å². The number of benzene rings is 2. The topological polar surface area (TPSA) is 71.8 Å². The van der Waals surface area contributed by atoms with Gasteiger partial charge in [0.2, 0.25) is 0 Å². The molecule has 0 aliphatic carbocycles. The van der Waals surface area contributed by atoms with E-state index in [0.29, 0.717) is 18.0 Å². The van der Waals surface area contributed by atoms with Crippen molar-refractivity contribution in [3.05, 3.63) is 52.4 Å². The number of aromatic hydroxyl groups is 1. The van der Waals surface area contributed by atoms with Crippen molar-refractivity contribution in [2.24, 2.45) is 5.18 Å². The molecule has 0 saturated heterocycles. The van der Waals surface area contributed by atoms with Gasteiger partial charge in [0.25, 0.3) is 0 Å².